The molecule has 1 aromatic carbocycles. The van der Waals surface area contributed by atoms with Crippen LogP contribution in [-0.2, 0) is 11.3 Å². The predicted molar refractivity (Wildman–Crippen MR) is 107 cm³/mol. The lowest BCUT2D eigenvalue weighted by atomic mass is 9.75. The van der Waals surface area contributed by atoms with Gasteiger partial charge < -0.3 is 10.6 Å². The molecular formula is C21H25F3N2OS. The van der Waals surface area contributed by atoms with Gasteiger partial charge in [0.15, 0.2) is 0 Å². The number of nitrogens with one attached hydrogen (secondary N) is 2. The summed E-state index contributed by atoms with van der Waals surface area (Å²) in [4.78, 5) is 12.3. The van der Waals surface area contributed by atoms with Gasteiger partial charge in [-0.2, -0.15) is 13.2 Å². The fraction of sp³-hybridized carbons (Fsp3) is 0.476. The molecule has 2 N–H and O–H groups in total. The molecule has 1 saturated carbocycles. The van der Waals surface area contributed by atoms with Crippen molar-refractivity contribution in [2.45, 2.75) is 58.3 Å². The van der Waals surface area contributed by atoms with E-state index in [4.69, 9.17) is 0 Å². The SMILES string of the molecule is CC1(C)CCC(NCc2cc(-c3cccc(NC(=O)C(F)(F)F)c3)cs2)CC1. The minimum Gasteiger partial charge on any atom is -0.318 e. The topological polar surface area (TPSA) is 41.1 Å². The van der Waals surface area contributed by atoms with Crippen LogP contribution in [0.25, 0.3) is 11.1 Å². The average molecular weight is 411 g/mol. The van der Waals surface area contributed by atoms with Crippen molar-refractivity contribution in [2.75, 3.05) is 5.32 Å². The van der Waals surface area contributed by atoms with Crippen molar-refractivity contribution in [3.8, 4) is 11.1 Å². The summed E-state index contributed by atoms with van der Waals surface area (Å²) in [5.41, 5.74) is 2.30. The minimum atomic E-state index is -4.90. The lowest BCUT2D eigenvalue weighted by Crippen LogP contribution is -2.34. The van der Waals surface area contributed by atoms with Crippen molar-refractivity contribution in [1.29, 1.82) is 0 Å². The highest BCUT2D eigenvalue weighted by atomic mass is 32.1. The van der Waals surface area contributed by atoms with E-state index in [1.54, 1.807) is 23.5 Å². The Bertz CT molecular complexity index is 819. The number of carbonyl (C=O) groups excluding carboxylic acids is 1. The first-order chi connectivity index (χ1) is 13.1. The van der Waals surface area contributed by atoms with E-state index in [0.717, 1.165) is 17.7 Å². The predicted octanol–water partition coefficient (Wildman–Crippen LogP) is 5.97. The highest BCUT2D eigenvalue weighted by molar-refractivity contribution is 7.10. The Labute approximate surface area is 167 Å². The lowest BCUT2D eigenvalue weighted by molar-refractivity contribution is -0.167. The van der Waals surface area contributed by atoms with Crippen LogP contribution in [0.3, 0.4) is 0 Å². The van der Waals surface area contributed by atoms with E-state index in [1.165, 1.54) is 36.6 Å². The van der Waals surface area contributed by atoms with Gasteiger partial charge in [0.25, 0.3) is 0 Å². The number of hydrogen-bond donors (Lipinski definition) is 2. The fourth-order valence-corrected chi connectivity index (χ4v) is 4.30. The van der Waals surface area contributed by atoms with Crippen molar-refractivity contribution >= 4 is 22.9 Å². The summed E-state index contributed by atoms with van der Waals surface area (Å²) in [6.07, 6.45) is -0.0580. The van der Waals surface area contributed by atoms with Crippen molar-refractivity contribution in [3.63, 3.8) is 0 Å². The van der Waals surface area contributed by atoms with Crippen LogP contribution in [-0.4, -0.2) is 18.1 Å². The summed E-state index contributed by atoms with van der Waals surface area (Å²) < 4.78 is 37.3. The van der Waals surface area contributed by atoms with Crippen molar-refractivity contribution in [1.82, 2.24) is 5.32 Å². The molecule has 0 aliphatic heterocycles. The molecule has 28 heavy (non-hydrogen) atoms. The third-order valence-electron chi connectivity index (χ3n) is 5.27. The molecule has 0 spiro atoms. The van der Waals surface area contributed by atoms with Crippen LogP contribution in [0.4, 0.5) is 18.9 Å². The molecule has 1 fully saturated rings. The van der Waals surface area contributed by atoms with E-state index in [2.05, 4.69) is 25.2 Å². The number of halogens is 3. The van der Waals surface area contributed by atoms with Crippen LogP contribution in [0.15, 0.2) is 35.7 Å². The van der Waals surface area contributed by atoms with Crippen LogP contribution in [0, 0.1) is 5.41 Å². The zero-order chi connectivity index (χ0) is 20.4. The number of anilines is 1. The molecular weight excluding hydrogens is 385 g/mol. The highest BCUT2D eigenvalue weighted by Gasteiger charge is 2.38. The summed E-state index contributed by atoms with van der Waals surface area (Å²) in [7, 11) is 0. The summed E-state index contributed by atoms with van der Waals surface area (Å²) in [5, 5.41) is 7.52. The van der Waals surface area contributed by atoms with Gasteiger partial charge in [-0.05, 0) is 65.8 Å². The smallest absolute Gasteiger partial charge is 0.318 e. The molecule has 1 amide bonds. The second-order valence-corrected chi connectivity index (χ2v) is 9.15. The Kier molecular flexibility index (Phi) is 6.15. The van der Waals surface area contributed by atoms with Gasteiger partial charge in [0.2, 0.25) is 0 Å². The summed E-state index contributed by atoms with van der Waals surface area (Å²) in [6, 6.07) is 9.07. The maximum absolute atomic E-state index is 12.4. The first kappa shape index (κ1) is 20.9. The number of alkyl halides is 3. The van der Waals surface area contributed by atoms with Crippen molar-refractivity contribution < 1.29 is 18.0 Å². The van der Waals surface area contributed by atoms with Gasteiger partial charge in [-0.3, -0.25) is 4.79 Å². The van der Waals surface area contributed by atoms with E-state index >= 15 is 0 Å². The minimum absolute atomic E-state index is 0.135. The molecule has 2 aromatic rings. The second kappa shape index (κ2) is 8.25. The molecule has 1 aromatic heterocycles. The van der Waals surface area contributed by atoms with Crippen LogP contribution in [0.1, 0.15) is 44.4 Å². The second-order valence-electron chi connectivity index (χ2n) is 8.15. The summed E-state index contributed by atoms with van der Waals surface area (Å²) >= 11 is 1.63. The van der Waals surface area contributed by atoms with E-state index in [1.807, 2.05) is 16.8 Å². The molecule has 0 saturated heterocycles. The Morgan fingerprint density at radius 1 is 1.18 bits per heavy atom. The molecule has 3 nitrogen and oxygen atoms in total. The van der Waals surface area contributed by atoms with E-state index in [9.17, 15) is 18.0 Å². The number of amides is 1. The summed E-state index contributed by atoms with van der Waals surface area (Å²) in [6.45, 7) is 5.43. The molecule has 1 aliphatic rings. The number of thiophene rings is 1. The average Bonchev–Trinajstić information content (AvgIpc) is 3.09. The van der Waals surface area contributed by atoms with Crippen LogP contribution >= 0.6 is 11.3 Å². The number of hydrogen-bond acceptors (Lipinski definition) is 3. The zero-order valence-electron chi connectivity index (χ0n) is 16.0. The fourth-order valence-electron chi connectivity index (χ4n) is 3.45. The third kappa shape index (κ3) is 5.58. The Balaban J connectivity index is 1.59. The summed E-state index contributed by atoms with van der Waals surface area (Å²) in [5.74, 6) is -1.96. The monoisotopic (exact) mass is 410 g/mol. The molecule has 7 heteroatoms. The standard InChI is InChI=1S/C21H25F3N2OS/c1-20(2)8-6-16(7-9-20)25-12-18-11-15(13-28-18)14-4-3-5-17(10-14)26-19(27)21(22,23)24/h3-5,10-11,13,16,25H,6-9,12H2,1-2H3,(H,26,27). The van der Waals surface area contributed by atoms with Gasteiger partial charge in [0, 0.05) is 23.2 Å². The van der Waals surface area contributed by atoms with Gasteiger partial charge in [-0.1, -0.05) is 26.0 Å². The van der Waals surface area contributed by atoms with Crippen LogP contribution in [0.5, 0.6) is 0 Å². The van der Waals surface area contributed by atoms with Gasteiger partial charge in [-0.25, -0.2) is 0 Å². The van der Waals surface area contributed by atoms with Crippen LogP contribution < -0.4 is 10.6 Å². The Hall–Kier alpha value is -1.86. The normalized spacial score (nSPS) is 17.5. The highest BCUT2D eigenvalue weighted by Crippen LogP contribution is 2.35. The molecule has 1 aliphatic carbocycles. The third-order valence-corrected chi connectivity index (χ3v) is 6.21. The number of carbonyl (C=O) groups is 1. The molecule has 0 radical (unpaired) electrons. The molecule has 0 atom stereocenters. The van der Waals surface area contributed by atoms with Gasteiger partial charge in [-0.15, -0.1) is 11.3 Å². The Morgan fingerprint density at radius 3 is 2.57 bits per heavy atom. The molecule has 0 bridgehead atoms. The number of benzene rings is 1. The van der Waals surface area contributed by atoms with E-state index in [0.29, 0.717) is 11.5 Å². The quantitative estimate of drug-likeness (QED) is 0.637. The Morgan fingerprint density at radius 2 is 1.89 bits per heavy atom. The maximum atomic E-state index is 12.4. The molecule has 0 unspecified atom stereocenters. The van der Waals surface area contributed by atoms with Gasteiger partial charge in [0.05, 0.1) is 0 Å². The van der Waals surface area contributed by atoms with Crippen molar-refractivity contribution in [3.05, 3.63) is 40.6 Å². The van der Waals surface area contributed by atoms with Crippen molar-refractivity contribution in [2.24, 2.45) is 5.41 Å². The van der Waals surface area contributed by atoms with Gasteiger partial charge >= 0.3 is 12.1 Å². The molecule has 152 valence electrons. The molecule has 3 rings (SSSR count). The zero-order valence-corrected chi connectivity index (χ0v) is 16.8. The largest absolute Gasteiger partial charge is 0.471 e. The van der Waals surface area contributed by atoms with E-state index in [-0.39, 0.29) is 5.69 Å². The maximum Gasteiger partial charge on any atom is 0.471 e. The first-order valence-corrected chi connectivity index (χ1v) is 10.3. The van der Waals surface area contributed by atoms with Gasteiger partial charge in [0.1, 0.15) is 0 Å². The number of rotatable bonds is 5. The lowest BCUT2D eigenvalue weighted by Gasteiger charge is -2.34. The molecule has 1 heterocycles. The first-order valence-electron chi connectivity index (χ1n) is 9.42. The van der Waals surface area contributed by atoms with E-state index < -0.39 is 12.1 Å². The van der Waals surface area contributed by atoms with Crippen LogP contribution in [0.2, 0.25) is 0 Å².